The third-order valence-corrected chi connectivity index (χ3v) is 3.29. The highest BCUT2D eigenvalue weighted by atomic mass is 19.1. The van der Waals surface area contributed by atoms with Gasteiger partial charge in [-0.1, -0.05) is 6.92 Å². The molecule has 1 aliphatic rings. The summed E-state index contributed by atoms with van der Waals surface area (Å²) >= 11 is 0. The normalized spacial score (nSPS) is 14.8. The summed E-state index contributed by atoms with van der Waals surface area (Å²) in [6, 6.07) is 2.26. The van der Waals surface area contributed by atoms with Crippen molar-refractivity contribution >= 4 is 5.82 Å². The summed E-state index contributed by atoms with van der Waals surface area (Å²) in [7, 11) is 0. The topological polar surface area (TPSA) is 28.2 Å². The lowest BCUT2D eigenvalue weighted by molar-refractivity contribution is 0.573. The number of anilines is 1. The molecule has 1 N–H and O–H groups in total. The van der Waals surface area contributed by atoms with Crippen LogP contribution >= 0.6 is 0 Å². The SMILES string of the molecule is CCCNCc1ccnc(N(CC)C2CC2)c1F. The van der Waals surface area contributed by atoms with E-state index in [9.17, 15) is 4.39 Å². The van der Waals surface area contributed by atoms with Crippen LogP contribution in [0, 0.1) is 5.82 Å². The fourth-order valence-electron chi connectivity index (χ4n) is 2.17. The Hall–Kier alpha value is -1.16. The van der Waals surface area contributed by atoms with Crippen molar-refractivity contribution in [2.75, 3.05) is 18.0 Å². The minimum absolute atomic E-state index is 0.158. The number of pyridine rings is 1. The zero-order chi connectivity index (χ0) is 13.0. The van der Waals surface area contributed by atoms with E-state index in [-0.39, 0.29) is 5.82 Å². The molecule has 100 valence electrons. The fraction of sp³-hybridized carbons (Fsp3) is 0.643. The van der Waals surface area contributed by atoms with Crippen LogP contribution in [0.3, 0.4) is 0 Å². The second kappa shape index (κ2) is 6.14. The molecule has 0 bridgehead atoms. The average Bonchev–Trinajstić information content (AvgIpc) is 3.19. The highest BCUT2D eigenvalue weighted by Crippen LogP contribution is 2.32. The maximum Gasteiger partial charge on any atom is 0.170 e. The van der Waals surface area contributed by atoms with Gasteiger partial charge in [-0.05, 0) is 38.8 Å². The molecule has 0 radical (unpaired) electrons. The van der Waals surface area contributed by atoms with E-state index < -0.39 is 0 Å². The summed E-state index contributed by atoms with van der Waals surface area (Å²) in [5.74, 6) is 0.366. The van der Waals surface area contributed by atoms with Gasteiger partial charge in [-0.25, -0.2) is 9.37 Å². The van der Waals surface area contributed by atoms with Crippen LogP contribution in [0.4, 0.5) is 10.2 Å². The third-order valence-electron chi connectivity index (χ3n) is 3.29. The Kier molecular flexibility index (Phi) is 4.53. The molecule has 1 saturated carbocycles. The van der Waals surface area contributed by atoms with Crippen LogP contribution in [0.15, 0.2) is 12.3 Å². The quantitative estimate of drug-likeness (QED) is 0.755. The maximum absolute atomic E-state index is 14.4. The van der Waals surface area contributed by atoms with Crippen LogP contribution in [-0.2, 0) is 6.54 Å². The van der Waals surface area contributed by atoms with Crippen molar-refractivity contribution < 1.29 is 4.39 Å². The zero-order valence-electron chi connectivity index (χ0n) is 11.2. The molecule has 18 heavy (non-hydrogen) atoms. The molecular formula is C14H22FN3. The highest BCUT2D eigenvalue weighted by Gasteiger charge is 2.30. The van der Waals surface area contributed by atoms with E-state index in [4.69, 9.17) is 0 Å². The fourth-order valence-corrected chi connectivity index (χ4v) is 2.17. The standard InChI is InChI=1S/C14H22FN3/c1-3-8-16-10-11-7-9-17-14(13(11)15)18(4-2)12-5-6-12/h7,9,12,16H,3-6,8,10H2,1-2H3. The van der Waals surface area contributed by atoms with Crippen LogP contribution in [0.25, 0.3) is 0 Å². The molecule has 1 heterocycles. The first kappa shape index (κ1) is 13.3. The molecule has 1 aliphatic carbocycles. The van der Waals surface area contributed by atoms with Gasteiger partial charge in [0.15, 0.2) is 11.6 Å². The molecule has 1 aromatic heterocycles. The zero-order valence-corrected chi connectivity index (χ0v) is 11.2. The smallest absolute Gasteiger partial charge is 0.170 e. The minimum atomic E-state index is -0.158. The van der Waals surface area contributed by atoms with E-state index in [1.54, 1.807) is 12.3 Å². The van der Waals surface area contributed by atoms with Gasteiger partial charge < -0.3 is 10.2 Å². The molecule has 0 amide bonds. The van der Waals surface area contributed by atoms with Crippen molar-refractivity contribution in [2.45, 2.75) is 45.7 Å². The third kappa shape index (κ3) is 2.99. The molecule has 0 spiro atoms. The number of rotatable bonds is 7. The molecule has 1 fully saturated rings. The van der Waals surface area contributed by atoms with Crippen LogP contribution in [0.2, 0.25) is 0 Å². The first-order valence-corrected chi connectivity index (χ1v) is 6.88. The van der Waals surface area contributed by atoms with E-state index in [0.29, 0.717) is 24.0 Å². The largest absolute Gasteiger partial charge is 0.351 e. The van der Waals surface area contributed by atoms with E-state index >= 15 is 0 Å². The van der Waals surface area contributed by atoms with Crippen molar-refractivity contribution in [1.29, 1.82) is 0 Å². The first-order chi connectivity index (χ1) is 8.77. The number of nitrogens with one attached hydrogen (secondary N) is 1. The molecule has 0 atom stereocenters. The van der Waals surface area contributed by atoms with Crippen LogP contribution in [0.5, 0.6) is 0 Å². The van der Waals surface area contributed by atoms with Gasteiger partial charge in [0, 0.05) is 30.9 Å². The number of nitrogens with zero attached hydrogens (tertiary/aromatic N) is 2. The Bertz CT molecular complexity index is 391. The summed E-state index contributed by atoms with van der Waals surface area (Å²) in [5.41, 5.74) is 0.715. The van der Waals surface area contributed by atoms with E-state index in [1.165, 1.54) is 0 Å². The van der Waals surface area contributed by atoms with Gasteiger partial charge in [0.1, 0.15) is 0 Å². The molecule has 0 saturated heterocycles. The van der Waals surface area contributed by atoms with Gasteiger partial charge in [-0.3, -0.25) is 0 Å². The Labute approximate surface area is 108 Å². The van der Waals surface area contributed by atoms with Gasteiger partial charge in [0.05, 0.1) is 0 Å². The lowest BCUT2D eigenvalue weighted by Gasteiger charge is -2.22. The summed E-state index contributed by atoms with van der Waals surface area (Å²) in [6.45, 7) is 6.48. The Morgan fingerprint density at radius 2 is 2.22 bits per heavy atom. The van der Waals surface area contributed by atoms with E-state index in [0.717, 1.165) is 32.4 Å². The summed E-state index contributed by atoms with van der Waals surface area (Å²) < 4.78 is 14.4. The number of aromatic nitrogens is 1. The van der Waals surface area contributed by atoms with Crippen molar-refractivity contribution in [1.82, 2.24) is 10.3 Å². The van der Waals surface area contributed by atoms with Gasteiger partial charge >= 0.3 is 0 Å². The molecular weight excluding hydrogens is 229 g/mol. The molecule has 3 nitrogen and oxygen atoms in total. The molecule has 0 aliphatic heterocycles. The second-order valence-electron chi connectivity index (χ2n) is 4.80. The predicted molar refractivity (Wildman–Crippen MR) is 72.2 cm³/mol. The lowest BCUT2D eigenvalue weighted by Crippen LogP contribution is -2.28. The molecule has 0 aromatic carbocycles. The summed E-state index contributed by atoms with van der Waals surface area (Å²) in [6.07, 6.45) is 5.09. The predicted octanol–water partition coefficient (Wildman–Crippen LogP) is 2.71. The molecule has 0 unspecified atom stereocenters. The van der Waals surface area contributed by atoms with Crippen molar-refractivity contribution in [2.24, 2.45) is 0 Å². The van der Waals surface area contributed by atoms with Crippen molar-refractivity contribution in [3.63, 3.8) is 0 Å². The summed E-state index contributed by atoms with van der Waals surface area (Å²) in [5, 5.41) is 3.23. The second-order valence-corrected chi connectivity index (χ2v) is 4.80. The summed E-state index contributed by atoms with van der Waals surface area (Å²) in [4.78, 5) is 6.30. The van der Waals surface area contributed by atoms with Crippen LogP contribution < -0.4 is 10.2 Å². The molecule has 1 aromatic rings. The first-order valence-electron chi connectivity index (χ1n) is 6.88. The van der Waals surface area contributed by atoms with Gasteiger partial charge in [-0.2, -0.15) is 0 Å². The Morgan fingerprint density at radius 1 is 1.44 bits per heavy atom. The van der Waals surface area contributed by atoms with Crippen LogP contribution in [0.1, 0.15) is 38.7 Å². The Balaban J connectivity index is 2.12. The highest BCUT2D eigenvalue weighted by molar-refractivity contribution is 5.45. The maximum atomic E-state index is 14.4. The average molecular weight is 251 g/mol. The van der Waals surface area contributed by atoms with Crippen molar-refractivity contribution in [3.8, 4) is 0 Å². The number of halogens is 1. The van der Waals surface area contributed by atoms with Gasteiger partial charge in [0.2, 0.25) is 0 Å². The number of hydrogen-bond acceptors (Lipinski definition) is 3. The number of hydrogen-bond donors (Lipinski definition) is 1. The minimum Gasteiger partial charge on any atom is -0.351 e. The van der Waals surface area contributed by atoms with Gasteiger partial charge in [-0.15, -0.1) is 0 Å². The van der Waals surface area contributed by atoms with Gasteiger partial charge in [0.25, 0.3) is 0 Å². The molecule has 2 rings (SSSR count). The monoisotopic (exact) mass is 251 g/mol. The van der Waals surface area contributed by atoms with E-state index in [2.05, 4.69) is 29.0 Å². The lowest BCUT2D eigenvalue weighted by atomic mass is 10.2. The molecule has 4 heteroatoms. The Morgan fingerprint density at radius 3 is 2.83 bits per heavy atom. The van der Waals surface area contributed by atoms with Crippen molar-refractivity contribution in [3.05, 3.63) is 23.6 Å². The van der Waals surface area contributed by atoms with E-state index in [1.807, 2.05) is 0 Å². The van der Waals surface area contributed by atoms with Crippen LogP contribution in [-0.4, -0.2) is 24.1 Å².